The lowest BCUT2D eigenvalue weighted by Crippen LogP contribution is -2.02. The van der Waals surface area contributed by atoms with Crippen molar-refractivity contribution in [2.75, 3.05) is 10.6 Å². The quantitative estimate of drug-likeness (QED) is 0.0836. The van der Waals surface area contributed by atoms with E-state index in [0.29, 0.717) is 6.42 Å². The largest absolute Gasteiger partial charge is 0.359 e. The molecular formula is C36H34N2O2. The van der Waals surface area contributed by atoms with Crippen LogP contribution in [0, 0.1) is 0 Å². The highest BCUT2D eigenvalue weighted by Crippen LogP contribution is 2.44. The lowest BCUT2D eigenvalue weighted by atomic mass is 9.90. The number of anilines is 2. The molecule has 4 heteroatoms. The van der Waals surface area contributed by atoms with E-state index in [0.717, 1.165) is 74.4 Å². The van der Waals surface area contributed by atoms with Gasteiger partial charge in [-0.05, 0) is 72.2 Å². The van der Waals surface area contributed by atoms with E-state index in [1.165, 1.54) is 6.08 Å². The van der Waals surface area contributed by atoms with Crippen LogP contribution in [0.2, 0.25) is 0 Å². The Balaban J connectivity index is 1.87. The summed E-state index contributed by atoms with van der Waals surface area (Å²) in [5, 5.41) is 11.9. The van der Waals surface area contributed by atoms with Crippen LogP contribution in [-0.4, -0.2) is 12.6 Å². The van der Waals surface area contributed by atoms with E-state index in [2.05, 4.69) is 83.4 Å². The number of allylic oxidation sites excluding steroid dienone is 10. The molecule has 2 N–H and O–H groups in total. The zero-order chi connectivity index (χ0) is 28.2. The summed E-state index contributed by atoms with van der Waals surface area (Å²) in [6.45, 7) is 4.07. The summed E-state index contributed by atoms with van der Waals surface area (Å²) in [6, 6.07) is 25.5. The van der Waals surface area contributed by atoms with Crippen molar-refractivity contribution in [3.05, 3.63) is 133 Å². The van der Waals surface area contributed by atoms with Crippen molar-refractivity contribution in [2.45, 2.75) is 26.7 Å². The van der Waals surface area contributed by atoms with E-state index in [1.54, 1.807) is 6.08 Å². The lowest BCUT2D eigenvalue weighted by molar-refractivity contribution is -0.107. The molecule has 200 valence electrons. The fourth-order valence-electron chi connectivity index (χ4n) is 4.64. The Morgan fingerprint density at radius 1 is 0.600 bits per heavy atom. The third-order valence-electron chi connectivity index (χ3n) is 6.46. The van der Waals surface area contributed by atoms with E-state index in [1.807, 2.05) is 50.3 Å². The molecule has 4 rings (SSSR count). The summed E-state index contributed by atoms with van der Waals surface area (Å²) >= 11 is 0. The number of carbonyl (C=O) groups is 2. The fourth-order valence-corrected chi connectivity index (χ4v) is 4.64. The molecule has 0 saturated carbocycles. The molecule has 4 aromatic carbocycles. The molecule has 0 fully saturated rings. The zero-order valence-electron chi connectivity index (χ0n) is 22.9. The number of unbranched alkanes of at least 4 members (excludes halogenated alkanes) is 1. The Morgan fingerprint density at radius 2 is 1.12 bits per heavy atom. The molecule has 0 aliphatic carbocycles. The Morgan fingerprint density at radius 3 is 1.68 bits per heavy atom. The van der Waals surface area contributed by atoms with Crippen LogP contribution in [0.15, 0.2) is 133 Å². The fraction of sp³-hybridized carbons (Fsp3) is 0.111. The third-order valence-corrected chi connectivity index (χ3v) is 6.46. The van der Waals surface area contributed by atoms with Gasteiger partial charge in [0.15, 0.2) is 0 Å². The minimum absolute atomic E-state index is 0.529. The van der Waals surface area contributed by atoms with Crippen molar-refractivity contribution in [3.63, 3.8) is 0 Å². The number of carbonyl (C=O) groups excluding carboxylic acids is 2. The van der Waals surface area contributed by atoms with Gasteiger partial charge in [-0.25, -0.2) is 0 Å². The summed E-state index contributed by atoms with van der Waals surface area (Å²) < 4.78 is 0. The van der Waals surface area contributed by atoms with Gasteiger partial charge in [-0.2, -0.15) is 0 Å². The lowest BCUT2D eigenvalue weighted by Gasteiger charge is -2.21. The SMILES string of the molecule is C\C(=C/C=C\C=C/C=O)Nc1ccc2ccccc2c1-c1c(N/C(C)=C/C=C\CCC=O)ccc2ccccc12. The standard InChI is InChI=1S/C36H34N2O2/c1-27(15-7-3-5-13-25-39)37-33-23-21-29-17-9-11-19-31(29)35(33)36-32-20-12-10-18-30(32)22-24-34(36)38-28(2)16-8-4-6-14-26-40/h3-5,7-13,15-26,37-38H,6,14H2,1-2H3/b7-3-,8-4-,13-5-,27-15+,28-16+. The first-order chi connectivity index (χ1) is 19.6. The van der Waals surface area contributed by atoms with Crippen molar-refractivity contribution in [2.24, 2.45) is 0 Å². The maximum Gasteiger partial charge on any atom is 0.142 e. The molecule has 0 bridgehead atoms. The second-order valence-electron chi connectivity index (χ2n) is 9.45. The van der Waals surface area contributed by atoms with Crippen LogP contribution in [0.3, 0.4) is 0 Å². The van der Waals surface area contributed by atoms with Gasteiger partial charge in [0.1, 0.15) is 12.6 Å². The van der Waals surface area contributed by atoms with Crippen molar-refractivity contribution >= 4 is 45.5 Å². The predicted octanol–water partition coefficient (Wildman–Crippen LogP) is 9.14. The first-order valence-electron chi connectivity index (χ1n) is 13.4. The van der Waals surface area contributed by atoms with E-state index >= 15 is 0 Å². The van der Waals surface area contributed by atoms with Crippen LogP contribution in [0.4, 0.5) is 11.4 Å². The molecule has 0 aliphatic rings. The number of benzene rings is 4. The van der Waals surface area contributed by atoms with Gasteiger partial charge in [0.2, 0.25) is 0 Å². The number of nitrogens with one attached hydrogen (secondary N) is 2. The molecular weight excluding hydrogens is 492 g/mol. The average molecular weight is 527 g/mol. The minimum atomic E-state index is 0.529. The number of fused-ring (bicyclic) bond motifs is 2. The molecule has 0 heterocycles. The average Bonchev–Trinajstić information content (AvgIpc) is 2.97. The maximum atomic E-state index is 10.6. The Bertz CT molecular complexity index is 1650. The van der Waals surface area contributed by atoms with Crippen molar-refractivity contribution in [1.29, 1.82) is 0 Å². The Kier molecular flexibility index (Phi) is 10.0. The summed E-state index contributed by atoms with van der Waals surface area (Å²) in [6.07, 6.45) is 17.9. The van der Waals surface area contributed by atoms with Crippen molar-refractivity contribution < 1.29 is 9.59 Å². The van der Waals surface area contributed by atoms with Crippen LogP contribution in [0.1, 0.15) is 26.7 Å². The first-order valence-corrected chi connectivity index (χ1v) is 13.4. The molecule has 0 aromatic heterocycles. The van der Waals surface area contributed by atoms with Gasteiger partial charge in [-0.1, -0.05) is 91.0 Å². The van der Waals surface area contributed by atoms with Gasteiger partial charge in [0, 0.05) is 40.3 Å². The van der Waals surface area contributed by atoms with Gasteiger partial charge in [0.25, 0.3) is 0 Å². The monoisotopic (exact) mass is 526 g/mol. The number of rotatable bonds is 12. The molecule has 4 aromatic rings. The van der Waals surface area contributed by atoms with Gasteiger partial charge in [-0.15, -0.1) is 0 Å². The van der Waals surface area contributed by atoms with E-state index in [4.69, 9.17) is 0 Å². The van der Waals surface area contributed by atoms with Gasteiger partial charge < -0.3 is 15.4 Å². The molecule has 0 amide bonds. The van der Waals surface area contributed by atoms with Crippen LogP contribution >= 0.6 is 0 Å². The van der Waals surface area contributed by atoms with E-state index in [-0.39, 0.29) is 0 Å². The highest BCUT2D eigenvalue weighted by atomic mass is 16.1. The second kappa shape index (κ2) is 14.3. The second-order valence-corrected chi connectivity index (χ2v) is 9.45. The van der Waals surface area contributed by atoms with Crippen LogP contribution < -0.4 is 10.6 Å². The highest BCUT2D eigenvalue weighted by Gasteiger charge is 2.17. The third kappa shape index (κ3) is 7.12. The first kappa shape index (κ1) is 28.1. The molecule has 40 heavy (non-hydrogen) atoms. The van der Waals surface area contributed by atoms with E-state index in [9.17, 15) is 9.59 Å². The predicted molar refractivity (Wildman–Crippen MR) is 170 cm³/mol. The van der Waals surface area contributed by atoms with Crippen molar-refractivity contribution in [1.82, 2.24) is 0 Å². The van der Waals surface area contributed by atoms with Gasteiger partial charge in [-0.3, -0.25) is 4.79 Å². The normalized spacial score (nSPS) is 12.7. The smallest absolute Gasteiger partial charge is 0.142 e. The maximum absolute atomic E-state index is 10.6. The zero-order valence-corrected chi connectivity index (χ0v) is 22.9. The molecule has 0 unspecified atom stereocenters. The summed E-state index contributed by atoms with van der Waals surface area (Å²) in [5.41, 5.74) is 6.21. The van der Waals surface area contributed by atoms with Gasteiger partial charge in [0.05, 0.1) is 0 Å². The summed E-state index contributed by atoms with van der Waals surface area (Å²) in [5.74, 6) is 0. The number of aldehydes is 2. The molecule has 0 saturated heterocycles. The van der Waals surface area contributed by atoms with Crippen LogP contribution in [0.25, 0.3) is 32.7 Å². The summed E-state index contributed by atoms with van der Waals surface area (Å²) in [4.78, 5) is 21.1. The molecule has 0 spiro atoms. The van der Waals surface area contributed by atoms with Gasteiger partial charge >= 0.3 is 0 Å². The number of hydrogen-bond acceptors (Lipinski definition) is 4. The van der Waals surface area contributed by atoms with Crippen LogP contribution in [0.5, 0.6) is 0 Å². The topological polar surface area (TPSA) is 58.2 Å². The Hall–Kier alpha value is -4.96. The molecule has 0 radical (unpaired) electrons. The summed E-state index contributed by atoms with van der Waals surface area (Å²) in [7, 11) is 0. The molecule has 0 aliphatic heterocycles. The molecule has 4 nitrogen and oxygen atoms in total. The Labute approximate surface area is 236 Å². The van der Waals surface area contributed by atoms with Crippen molar-refractivity contribution in [3.8, 4) is 11.1 Å². The molecule has 0 atom stereocenters. The highest BCUT2D eigenvalue weighted by molar-refractivity contribution is 6.13. The van der Waals surface area contributed by atoms with Crippen LogP contribution in [-0.2, 0) is 9.59 Å². The number of hydrogen-bond donors (Lipinski definition) is 2. The van der Waals surface area contributed by atoms with E-state index < -0.39 is 0 Å². The minimum Gasteiger partial charge on any atom is -0.359 e.